The molecule has 20 heavy (non-hydrogen) atoms. The molecule has 0 spiro atoms. The number of methoxy groups -OCH3 is 1. The van der Waals surface area contributed by atoms with Gasteiger partial charge < -0.3 is 20.1 Å². The van der Waals surface area contributed by atoms with Gasteiger partial charge in [-0.3, -0.25) is 0 Å². The lowest BCUT2D eigenvalue weighted by atomic mass is 10.2. The summed E-state index contributed by atoms with van der Waals surface area (Å²) in [5.41, 5.74) is 2.54. The molecule has 0 aliphatic heterocycles. The van der Waals surface area contributed by atoms with Crippen molar-refractivity contribution in [2.45, 2.75) is 25.8 Å². The van der Waals surface area contributed by atoms with Crippen molar-refractivity contribution in [1.82, 2.24) is 5.32 Å². The molecule has 0 unspecified atom stereocenters. The molecule has 0 saturated heterocycles. The number of hydrogen-bond acceptors (Lipinski definition) is 4. The number of hydrogen-bond donors (Lipinski definition) is 2. The summed E-state index contributed by atoms with van der Waals surface area (Å²) in [6, 6.07) is 8.66. The molecule has 1 aromatic rings. The molecule has 0 aromatic heterocycles. The zero-order valence-corrected chi connectivity index (χ0v) is 12.8. The molecular formula is C16H28N2O2. The third kappa shape index (κ3) is 6.89. The second-order valence-corrected chi connectivity index (χ2v) is 5.04. The van der Waals surface area contributed by atoms with Gasteiger partial charge in [0.25, 0.3) is 0 Å². The van der Waals surface area contributed by atoms with E-state index in [1.807, 2.05) is 0 Å². The van der Waals surface area contributed by atoms with Crippen LogP contribution in [0.5, 0.6) is 0 Å². The Morgan fingerprint density at radius 3 is 2.55 bits per heavy atom. The topological polar surface area (TPSA) is 44.7 Å². The molecule has 0 atom stereocenters. The molecule has 1 aromatic carbocycles. The lowest BCUT2D eigenvalue weighted by molar-refractivity contribution is 0.199. The first-order valence-electron chi connectivity index (χ1n) is 7.38. The fourth-order valence-corrected chi connectivity index (χ4v) is 2.04. The highest BCUT2D eigenvalue weighted by Crippen LogP contribution is 2.14. The number of ether oxygens (including phenoxy) is 1. The zero-order valence-electron chi connectivity index (χ0n) is 12.8. The summed E-state index contributed by atoms with van der Waals surface area (Å²) in [7, 11) is 3.83. The molecule has 0 aliphatic rings. The molecule has 0 heterocycles. The van der Waals surface area contributed by atoms with Gasteiger partial charge in [-0.2, -0.15) is 0 Å². The number of aliphatic hydroxyl groups is 1. The molecule has 0 fully saturated rings. The van der Waals surface area contributed by atoms with Crippen LogP contribution in [0.3, 0.4) is 0 Å². The highest BCUT2D eigenvalue weighted by molar-refractivity contribution is 5.46. The van der Waals surface area contributed by atoms with Crippen LogP contribution in [-0.4, -0.2) is 45.6 Å². The number of anilines is 1. The average molecular weight is 280 g/mol. The third-order valence-electron chi connectivity index (χ3n) is 3.34. The molecular weight excluding hydrogens is 252 g/mol. The minimum atomic E-state index is 0.300. The van der Waals surface area contributed by atoms with E-state index >= 15 is 0 Å². The third-order valence-corrected chi connectivity index (χ3v) is 3.34. The van der Waals surface area contributed by atoms with Crippen LogP contribution in [0, 0.1) is 0 Å². The molecule has 4 heteroatoms. The Labute approximate surface area is 122 Å². The summed E-state index contributed by atoms with van der Waals surface area (Å²) in [6.45, 7) is 3.83. The molecule has 0 saturated carbocycles. The van der Waals surface area contributed by atoms with Gasteiger partial charge in [0.05, 0.1) is 6.61 Å². The average Bonchev–Trinajstić information content (AvgIpc) is 2.48. The van der Waals surface area contributed by atoms with Crippen molar-refractivity contribution in [2.24, 2.45) is 0 Å². The largest absolute Gasteiger partial charge is 0.396 e. The van der Waals surface area contributed by atoms with Crippen molar-refractivity contribution >= 4 is 5.69 Å². The number of benzene rings is 1. The normalized spacial score (nSPS) is 10.8. The predicted molar refractivity (Wildman–Crippen MR) is 84.2 cm³/mol. The van der Waals surface area contributed by atoms with Crippen LogP contribution in [0.1, 0.15) is 24.8 Å². The van der Waals surface area contributed by atoms with Crippen molar-refractivity contribution in [1.29, 1.82) is 0 Å². The molecule has 4 nitrogen and oxygen atoms in total. The van der Waals surface area contributed by atoms with Gasteiger partial charge in [0.2, 0.25) is 0 Å². The maximum absolute atomic E-state index is 8.76. The maximum atomic E-state index is 8.76. The highest BCUT2D eigenvalue weighted by atomic mass is 16.5. The fraction of sp³-hybridized carbons (Fsp3) is 0.625. The van der Waals surface area contributed by atoms with Gasteiger partial charge in [-0.1, -0.05) is 12.1 Å². The summed E-state index contributed by atoms with van der Waals surface area (Å²) in [5, 5.41) is 12.1. The number of rotatable bonds is 11. The van der Waals surface area contributed by atoms with E-state index in [0.29, 0.717) is 6.61 Å². The Bertz CT molecular complexity index is 341. The minimum absolute atomic E-state index is 0.300. The molecule has 1 rings (SSSR count). The van der Waals surface area contributed by atoms with E-state index in [1.54, 1.807) is 7.11 Å². The smallest absolute Gasteiger partial charge is 0.0587 e. The second kappa shape index (κ2) is 10.7. The first-order valence-corrected chi connectivity index (χ1v) is 7.38. The first-order chi connectivity index (χ1) is 9.77. The summed E-state index contributed by atoms with van der Waals surface area (Å²) in [6.07, 6.45) is 3.11. The van der Waals surface area contributed by atoms with Gasteiger partial charge in [0, 0.05) is 46.1 Å². The number of unbranched alkanes of at least 4 members (excludes halogenated alkanes) is 2. The van der Waals surface area contributed by atoms with E-state index in [4.69, 9.17) is 9.84 Å². The van der Waals surface area contributed by atoms with Gasteiger partial charge in [-0.05, 0) is 37.0 Å². The van der Waals surface area contributed by atoms with E-state index in [2.05, 4.69) is 41.5 Å². The van der Waals surface area contributed by atoms with Crippen molar-refractivity contribution in [3.05, 3.63) is 29.8 Å². The molecule has 2 N–H and O–H groups in total. The van der Waals surface area contributed by atoms with Gasteiger partial charge in [-0.25, -0.2) is 0 Å². The fourth-order valence-electron chi connectivity index (χ4n) is 2.04. The molecule has 0 aliphatic carbocycles. The van der Waals surface area contributed by atoms with Crippen LogP contribution in [-0.2, 0) is 11.3 Å². The van der Waals surface area contributed by atoms with Crippen molar-refractivity contribution in [2.75, 3.05) is 45.4 Å². The monoisotopic (exact) mass is 280 g/mol. The van der Waals surface area contributed by atoms with E-state index in [0.717, 1.165) is 45.5 Å². The van der Waals surface area contributed by atoms with Gasteiger partial charge in [-0.15, -0.1) is 0 Å². The Kier molecular flexibility index (Phi) is 9.04. The molecule has 114 valence electrons. The second-order valence-electron chi connectivity index (χ2n) is 5.04. The van der Waals surface area contributed by atoms with Gasteiger partial charge in [0.1, 0.15) is 0 Å². The van der Waals surface area contributed by atoms with E-state index in [-0.39, 0.29) is 0 Å². The molecule has 0 radical (unpaired) electrons. The van der Waals surface area contributed by atoms with Crippen LogP contribution in [0.4, 0.5) is 5.69 Å². The Hall–Kier alpha value is -1.10. The van der Waals surface area contributed by atoms with Crippen LogP contribution in [0.2, 0.25) is 0 Å². The van der Waals surface area contributed by atoms with Crippen LogP contribution < -0.4 is 10.2 Å². The summed E-state index contributed by atoms with van der Waals surface area (Å²) in [4.78, 5) is 2.26. The van der Waals surface area contributed by atoms with Crippen LogP contribution >= 0.6 is 0 Å². The predicted octanol–water partition coefficient (Wildman–Crippen LogP) is 2.02. The standard InChI is InChI=1S/C16H28N2O2/c1-18(11-4-3-5-12-19)16-8-6-15(7-9-16)14-17-10-13-20-2/h6-9,17,19H,3-5,10-14H2,1-2H3. The Balaban J connectivity index is 2.29. The van der Waals surface area contributed by atoms with E-state index < -0.39 is 0 Å². The van der Waals surface area contributed by atoms with Crippen molar-refractivity contribution in [3.63, 3.8) is 0 Å². The quantitative estimate of drug-likeness (QED) is 0.609. The Morgan fingerprint density at radius 1 is 1.15 bits per heavy atom. The van der Waals surface area contributed by atoms with E-state index in [9.17, 15) is 0 Å². The summed E-state index contributed by atoms with van der Waals surface area (Å²) >= 11 is 0. The number of nitrogens with zero attached hydrogens (tertiary/aromatic N) is 1. The Morgan fingerprint density at radius 2 is 1.90 bits per heavy atom. The summed E-state index contributed by atoms with van der Waals surface area (Å²) in [5.74, 6) is 0. The molecule has 0 amide bonds. The van der Waals surface area contributed by atoms with Crippen molar-refractivity contribution < 1.29 is 9.84 Å². The number of nitrogens with one attached hydrogen (secondary N) is 1. The SMILES string of the molecule is COCCNCc1ccc(N(C)CCCCCO)cc1. The van der Waals surface area contributed by atoms with Crippen molar-refractivity contribution in [3.8, 4) is 0 Å². The lowest BCUT2D eigenvalue weighted by Gasteiger charge is -2.19. The van der Waals surface area contributed by atoms with Gasteiger partial charge >= 0.3 is 0 Å². The van der Waals surface area contributed by atoms with Gasteiger partial charge in [0.15, 0.2) is 0 Å². The summed E-state index contributed by atoms with van der Waals surface area (Å²) < 4.78 is 5.00. The van der Waals surface area contributed by atoms with E-state index in [1.165, 1.54) is 11.3 Å². The van der Waals surface area contributed by atoms with Crippen LogP contribution in [0.15, 0.2) is 24.3 Å². The van der Waals surface area contributed by atoms with Crippen LogP contribution in [0.25, 0.3) is 0 Å². The zero-order chi connectivity index (χ0) is 14.6. The first kappa shape index (κ1) is 17.0. The number of aliphatic hydroxyl groups excluding tert-OH is 1. The molecule has 0 bridgehead atoms. The minimum Gasteiger partial charge on any atom is -0.396 e. The highest BCUT2D eigenvalue weighted by Gasteiger charge is 2.01. The lowest BCUT2D eigenvalue weighted by Crippen LogP contribution is -2.19. The maximum Gasteiger partial charge on any atom is 0.0587 e.